The predicted octanol–water partition coefficient (Wildman–Crippen LogP) is 2.33. The van der Waals surface area contributed by atoms with Gasteiger partial charge in [-0.05, 0) is 25.1 Å². The molecule has 1 saturated heterocycles. The summed E-state index contributed by atoms with van der Waals surface area (Å²) >= 11 is 0. The lowest BCUT2D eigenvalue weighted by Gasteiger charge is -2.29. The molecule has 1 aliphatic heterocycles. The number of aromatic nitrogens is 3. The summed E-state index contributed by atoms with van der Waals surface area (Å²) in [7, 11) is 0. The van der Waals surface area contributed by atoms with Gasteiger partial charge in [-0.3, -0.25) is 4.98 Å². The van der Waals surface area contributed by atoms with Gasteiger partial charge in [0, 0.05) is 30.5 Å². The Morgan fingerprint density at radius 1 is 1.29 bits per heavy atom. The topological polar surface area (TPSA) is 60.4 Å². The van der Waals surface area contributed by atoms with Crippen molar-refractivity contribution in [3.63, 3.8) is 0 Å². The van der Waals surface area contributed by atoms with Crippen LogP contribution in [-0.2, 0) is 4.74 Å². The first kappa shape index (κ1) is 16.5. The highest BCUT2D eigenvalue weighted by atomic mass is 19.3. The van der Waals surface area contributed by atoms with Gasteiger partial charge in [-0.15, -0.1) is 10.2 Å². The number of hydrogen-bond acceptors (Lipinski definition) is 6. The molecule has 0 atom stereocenters. The Bertz CT molecular complexity index is 694. The monoisotopic (exact) mass is 336 g/mol. The molecule has 0 radical (unpaired) electrons. The Kier molecular flexibility index (Phi) is 5.14. The summed E-state index contributed by atoms with van der Waals surface area (Å²) in [5, 5.41) is 8.15. The summed E-state index contributed by atoms with van der Waals surface area (Å²) in [4.78, 5) is 6.26. The van der Waals surface area contributed by atoms with E-state index in [1.165, 1.54) is 0 Å². The summed E-state index contributed by atoms with van der Waals surface area (Å²) in [5.74, 6) is 0.113. The number of anilines is 1. The number of aryl methyl sites for hydroxylation is 1. The molecule has 2 aromatic rings. The van der Waals surface area contributed by atoms with Gasteiger partial charge in [0.05, 0.1) is 18.9 Å². The first-order chi connectivity index (χ1) is 11.6. The van der Waals surface area contributed by atoms with Crippen LogP contribution in [0, 0.1) is 6.92 Å². The van der Waals surface area contributed by atoms with Crippen molar-refractivity contribution in [2.24, 2.45) is 0 Å². The number of rotatable bonds is 5. The molecule has 0 aromatic carbocycles. The second-order valence-corrected chi connectivity index (χ2v) is 5.36. The van der Waals surface area contributed by atoms with Crippen LogP contribution in [0.15, 0.2) is 24.4 Å². The quantitative estimate of drug-likeness (QED) is 0.835. The fraction of sp³-hybridized carbons (Fsp3) is 0.438. The fourth-order valence-electron chi connectivity index (χ4n) is 2.53. The van der Waals surface area contributed by atoms with Crippen LogP contribution in [0.1, 0.15) is 5.69 Å². The lowest BCUT2D eigenvalue weighted by atomic mass is 10.1. The van der Waals surface area contributed by atoms with Gasteiger partial charge in [0.2, 0.25) is 0 Å². The van der Waals surface area contributed by atoms with E-state index in [1.807, 2.05) is 30.0 Å². The molecule has 1 fully saturated rings. The van der Waals surface area contributed by atoms with E-state index in [0.29, 0.717) is 37.7 Å². The zero-order valence-electron chi connectivity index (χ0n) is 13.3. The minimum Gasteiger partial charge on any atom is -0.469 e. The Hall–Kier alpha value is -2.35. The SMILES string of the molecule is Cc1ncccc1-c1cc(N2CCOCC2)c(OCC(F)F)nn1. The van der Waals surface area contributed by atoms with Gasteiger partial charge in [-0.1, -0.05) is 0 Å². The molecular formula is C16H18F2N4O2. The third kappa shape index (κ3) is 3.76. The predicted molar refractivity (Wildman–Crippen MR) is 84.5 cm³/mol. The highest BCUT2D eigenvalue weighted by molar-refractivity contribution is 5.68. The summed E-state index contributed by atoms with van der Waals surface area (Å²) in [5.41, 5.74) is 2.94. The Morgan fingerprint density at radius 2 is 2.08 bits per heavy atom. The second-order valence-electron chi connectivity index (χ2n) is 5.36. The average Bonchev–Trinajstić information content (AvgIpc) is 2.61. The summed E-state index contributed by atoms with van der Waals surface area (Å²) in [6.07, 6.45) is -0.862. The lowest BCUT2D eigenvalue weighted by Crippen LogP contribution is -2.36. The Labute approximate surface area is 138 Å². The highest BCUT2D eigenvalue weighted by Crippen LogP contribution is 2.31. The largest absolute Gasteiger partial charge is 0.469 e. The molecule has 0 saturated carbocycles. The van der Waals surface area contributed by atoms with Crippen LogP contribution in [-0.4, -0.2) is 54.5 Å². The maximum atomic E-state index is 12.5. The molecule has 3 heterocycles. The zero-order valence-corrected chi connectivity index (χ0v) is 13.3. The highest BCUT2D eigenvalue weighted by Gasteiger charge is 2.20. The van der Waals surface area contributed by atoms with Crippen molar-refractivity contribution in [3.8, 4) is 17.1 Å². The normalized spacial score (nSPS) is 14.9. The van der Waals surface area contributed by atoms with E-state index in [4.69, 9.17) is 9.47 Å². The maximum Gasteiger partial charge on any atom is 0.272 e. The fourth-order valence-corrected chi connectivity index (χ4v) is 2.53. The summed E-state index contributed by atoms with van der Waals surface area (Å²) < 4.78 is 35.4. The van der Waals surface area contributed by atoms with E-state index >= 15 is 0 Å². The third-order valence-corrected chi connectivity index (χ3v) is 3.72. The van der Waals surface area contributed by atoms with Crippen molar-refractivity contribution in [2.45, 2.75) is 13.3 Å². The molecule has 0 spiro atoms. The Balaban J connectivity index is 1.96. The first-order valence-corrected chi connectivity index (χ1v) is 7.68. The molecule has 3 rings (SSSR count). The number of pyridine rings is 1. The van der Waals surface area contributed by atoms with Crippen LogP contribution < -0.4 is 9.64 Å². The van der Waals surface area contributed by atoms with Crippen LogP contribution in [0.25, 0.3) is 11.3 Å². The molecule has 0 aliphatic carbocycles. The lowest BCUT2D eigenvalue weighted by molar-refractivity contribution is 0.0788. The van der Waals surface area contributed by atoms with Crippen molar-refractivity contribution in [1.29, 1.82) is 0 Å². The standard InChI is InChI=1S/C16H18F2N4O2/c1-11-12(3-2-4-19-11)13-9-14(22-5-7-23-8-6-22)16(21-20-13)24-10-15(17)18/h2-4,9,15H,5-8,10H2,1H3. The van der Waals surface area contributed by atoms with E-state index in [-0.39, 0.29) is 5.88 Å². The molecule has 6 nitrogen and oxygen atoms in total. The van der Waals surface area contributed by atoms with Gasteiger partial charge in [0.15, 0.2) is 6.61 Å². The van der Waals surface area contributed by atoms with Crippen LogP contribution in [0.3, 0.4) is 0 Å². The van der Waals surface area contributed by atoms with Crippen molar-refractivity contribution >= 4 is 5.69 Å². The molecule has 128 valence electrons. The number of morpholine rings is 1. The van der Waals surface area contributed by atoms with Gasteiger partial charge < -0.3 is 14.4 Å². The van der Waals surface area contributed by atoms with Gasteiger partial charge >= 0.3 is 0 Å². The van der Waals surface area contributed by atoms with E-state index < -0.39 is 13.0 Å². The minimum absolute atomic E-state index is 0.113. The molecule has 2 aromatic heterocycles. The van der Waals surface area contributed by atoms with Crippen LogP contribution in [0.5, 0.6) is 5.88 Å². The van der Waals surface area contributed by atoms with Gasteiger partial charge in [-0.2, -0.15) is 0 Å². The number of halogens is 2. The van der Waals surface area contributed by atoms with Crippen molar-refractivity contribution < 1.29 is 18.3 Å². The Morgan fingerprint density at radius 3 is 2.79 bits per heavy atom. The minimum atomic E-state index is -2.57. The van der Waals surface area contributed by atoms with Gasteiger partial charge in [0.1, 0.15) is 5.69 Å². The number of ether oxygens (including phenoxy) is 2. The molecule has 0 bridgehead atoms. The van der Waals surface area contributed by atoms with E-state index in [9.17, 15) is 8.78 Å². The van der Waals surface area contributed by atoms with Gasteiger partial charge in [0.25, 0.3) is 12.3 Å². The third-order valence-electron chi connectivity index (χ3n) is 3.72. The molecular weight excluding hydrogens is 318 g/mol. The van der Waals surface area contributed by atoms with Crippen molar-refractivity contribution in [3.05, 3.63) is 30.1 Å². The summed E-state index contributed by atoms with van der Waals surface area (Å²) in [6, 6.07) is 5.53. The molecule has 1 aliphatic rings. The molecule has 0 N–H and O–H groups in total. The molecule has 24 heavy (non-hydrogen) atoms. The number of alkyl halides is 2. The van der Waals surface area contributed by atoms with Gasteiger partial charge in [-0.25, -0.2) is 8.78 Å². The van der Waals surface area contributed by atoms with E-state index in [1.54, 1.807) is 6.20 Å². The maximum absolute atomic E-state index is 12.5. The molecule has 8 heteroatoms. The summed E-state index contributed by atoms with van der Waals surface area (Å²) in [6.45, 7) is 3.59. The molecule has 0 unspecified atom stereocenters. The van der Waals surface area contributed by atoms with E-state index in [2.05, 4.69) is 15.2 Å². The van der Waals surface area contributed by atoms with Crippen molar-refractivity contribution in [1.82, 2.24) is 15.2 Å². The van der Waals surface area contributed by atoms with Crippen molar-refractivity contribution in [2.75, 3.05) is 37.8 Å². The first-order valence-electron chi connectivity index (χ1n) is 7.68. The van der Waals surface area contributed by atoms with Crippen LogP contribution in [0.2, 0.25) is 0 Å². The second kappa shape index (κ2) is 7.48. The van der Waals surface area contributed by atoms with Crippen LogP contribution in [0.4, 0.5) is 14.5 Å². The molecule has 0 amide bonds. The zero-order chi connectivity index (χ0) is 16.9. The van der Waals surface area contributed by atoms with E-state index in [0.717, 1.165) is 11.3 Å². The number of hydrogen-bond donors (Lipinski definition) is 0. The smallest absolute Gasteiger partial charge is 0.272 e. The van der Waals surface area contributed by atoms with Crippen LogP contribution >= 0.6 is 0 Å². The average molecular weight is 336 g/mol. The number of nitrogens with zero attached hydrogens (tertiary/aromatic N) is 4.